The van der Waals surface area contributed by atoms with Gasteiger partial charge >= 0.3 is 5.69 Å². The van der Waals surface area contributed by atoms with E-state index in [9.17, 15) is 9.59 Å². The summed E-state index contributed by atoms with van der Waals surface area (Å²) in [5.41, 5.74) is 4.87. The van der Waals surface area contributed by atoms with Gasteiger partial charge < -0.3 is 0 Å². The number of hydrazone groups is 1. The number of nitrogens with zero attached hydrogens (tertiary/aromatic N) is 4. The number of imidazole rings is 1. The summed E-state index contributed by atoms with van der Waals surface area (Å²) in [6.45, 7) is 2.16. The first-order chi connectivity index (χ1) is 14.8. The van der Waals surface area contributed by atoms with Crippen LogP contribution in [0.2, 0.25) is 10.0 Å². The van der Waals surface area contributed by atoms with Gasteiger partial charge in [0.15, 0.2) is 11.2 Å². The second-order valence-electron chi connectivity index (χ2n) is 6.95. The SMILES string of the molecule is CC(=NNc1nc2c(c(=O)[nH]c(=O)n2C)n1Cc1ccc(Cl)cc1)c1ccc(Cl)cc1. The van der Waals surface area contributed by atoms with E-state index in [0.717, 1.165) is 11.1 Å². The number of benzene rings is 2. The molecule has 31 heavy (non-hydrogen) atoms. The Hall–Kier alpha value is -3.36. The molecular formula is C21H18Cl2N6O2. The summed E-state index contributed by atoms with van der Waals surface area (Å²) in [6, 6.07) is 14.5. The van der Waals surface area contributed by atoms with E-state index in [2.05, 4.69) is 20.5 Å². The van der Waals surface area contributed by atoms with E-state index >= 15 is 0 Å². The summed E-state index contributed by atoms with van der Waals surface area (Å²) in [4.78, 5) is 31.4. The number of rotatable bonds is 5. The first-order valence-electron chi connectivity index (χ1n) is 9.33. The lowest BCUT2D eigenvalue weighted by atomic mass is 10.1. The molecule has 2 aromatic carbocycles. The summed E-state index contributed by atoms with van der Waals surface area (Å²) in [5.74, 6) is 0.324. The molecular weight excluding hydrogens is 439 g/mol. The second kappa shape index (κ2) is 8.41. The summed E-state index contributed by atoms with van der Waals surface area (Å²) in [5, 5.41) is 5.65. The zero-order valence-electron chi connectivity index (χ0n) is 16.7. The minimum Gasteiger partial charge on any atom is -0.298 e. The smallest absolute Gasteiger partial charge is 0.298 e. The van der Waals surface area contributed by atoms with Crippen molar-refractivity contribution in [2.45, 2.75) is 13.5 Å². The zero-order valence-corrected chi connectivity index (χ0v) is 18.2. The minimum absolute atomic E-state index is 0.254. The van der Waals surface area contributed by atoms with Crippen LogP contribution in [0.25, 0.3) is 11.2 Å². The summed E-state index contributed by atoms with van der Waals surface area (Å²) < 4.78 is 2.96. The van der Waals surface area contributed by atoms with Crippen LogP contribution in [0.3, 0.4) is 0 Å². The molecule has 2 aromatic heterocycles. The van der Waals surface area contributed by atoms with Crippen molar-refractivity contribution >= 4 is 46.0 Å². The second-order valence-corrected chi connectivity index (χ2v) is 7.83. The highest BCUT2D eigenvalue weighted by Crippen LogP contribution is 2.19. The number of H-pyrrole nitrogens is 1. The summed E-state index contributed by atoms with van der Waals surface area (Å²) >= 11 is 11.9. The minimum atomic E-state index is -0.541. The Morgan fingerprint density at radius 3 is 2.32 bits per heavy atom. The van der Waals surface area contributed by atoms with Crippen LogP contribution >= 0.6 is 23.2 Å². The topological polar surface area (TPSA) is 97.1 Å². The van der Waals surface area contributed by atoms with Gasteiger partial charge in [-0.05, 0) is 42.3 Å². The van der Waals surface area contributed by atoms with Crippen molar-refractivity contribution in [2.24, 2.45) is 12.1 Å². The molecule has 0 aliphatic carbocycles. The standard InChI is InChI=1S/C21H18Cl2N6O2/c1-12(14-5-9-16(23)10-6-14)26-27-20-24-18-17(19(30)25-21(31)28(18)2)29(20)11-13-3-7-15(22)8-4-13/h3-10H,11H2,1-2H3,(H,24,27)(H,25,30,31). The number of anilines is 1. The Morgan fingerprint density at radius 2 is 1.68 bits per heavy atom. The van der Waals surface area contributed by atoms with Crippen LogP contribution in [0.5, 0.6) is 0 Å². The predicted molar refractivity (Wildman–Crippen MR) is 123 cm³/mol. The number of nitrogens with one attached hydrogen (secondary N) is 2. The Labute approximate surface area is 186 Å². The number of aryl methyl sites for hydroxylation is 1. The van der Waals surface area contributed by atoms with Crippen molar-refractivity contribution in [3.63, 3.8) is 0 Å². The zero-order chi connectivity index (χ0) is 22.1. The molecule has 4 rings (SSSR count). The molecule has 8 nitrogen and oxygen atoms in total. The van der Waals surface area contributed by atoms with Crippen molar-refractivity contribution in [1.82, 2.24) is 19.1 Å². The normalized spacial score (nSPS) is 11.8. The molecule has 0 bridgehead atoms. The first-order valence-corrected chi connectivity index (χ1v) is 10.1. The van der Waals surface area contributed by atoms with E-state index in [-0.39, 0.29) is 11.2 Å². The molecule has 10 heteroatoms. The molecule has 0 saturated heterocycles. The molecule has 0 aliphatic rings. The van der Waals surface area contributed by atoms with Gasteiger partial charge in [0.05, 0.1) is 12.3 Å². The summed E-state index contributed by atoms with van der Waals surface area (Å²) in [6.07, 6.45) is 0. The third-order valence-corrected chi connectivity index (χ3v) is 5.35. The number of halogens is 2. The Bertz CT molecular complexity index is 1400. The molecule has 2 N–H and O–H groups in total. The lowest BCUT2D eigenvalue weighted by Gasteiger charge is -2.09. The molecule has 0 unspecified atom stereocenters. The van der Waals surface area contributed by atoms with E-state index in [1.807, 2.05) is 31.2 Å². The van der Waals surface area contributed by atoms with Crippen LogP contribution in [0.4, 0.5) is 5.95 Å². The number of aromatic nitrogens is 4. The van der Waals surface area contributed by atoms with E-state index < -0.39 is 11.2 Å². The van der Waals surface area contributed by atoms with Gasteiger partial charge in [0.25, 0.3) is 5.56 Å². The fourth-order valence-electron chi connectivity index (χ4n) is 3.14. The fraction of sp³-hybridized carbons (Fsp3) is 0.143. The van der Waals surface area contributed by atoms with Crippen molar-refractivity contribution in [1.29, 1.82) is 0 Å². The van der Waals surface area contributed by atoms with Crippen LogP contribution in [-0.2, 0) is 13.6 Å². The average Bonchev–Trinajstić information content (AvgIpc) is 3.11. The number of hydrogen-bond acceptors (Lipinski definition) is 5. The van der Waals surface area contributed by atoms with E-state index in [0.29, 0.717) is 28.3 Å². The largest absolute Gasteiger partial charge is 0.329 e. The van der Waals surface area contributed by atoms with Gasteiger partial charge in [0, 0.05) is 17.1 Å². The number of hydrogen-bond donors (Lipinski definition) is 2. The van der Waals surface area contributed by atoms with E-state index in [4.69, 9.17) is 23.2 Å². The van der Waals surface area contributed by atoms with E-state index in [1.54, 1.807) is 35.9 Å². The predicted octanol–water partition coefficient (Wildman–Crippen LogP) is 3.61. The molecule has 0 spiro atoms. The Kier molecular flexibility index (Phi) is 5.67. The van der Waals surface area contributed by atoms with Crippen LogP contribution in [0, 0.1) is 0 Å². The quantitative estimate of drug-likeness (QED) is 0.354. The van der Waals surface area contributed by atoms with Gasteiger partial charge in [-0.15, -0.1) is 0 Å². The van der Waals surface area contributed by atoms with Gasteiger partial charge in [-0.2, -0.15) is 10.1 Å². The molecule has 2 heterocycles. The fourth-order valence-corrected chi connectivity index (χ4v) is 3.39. The highest BCUT2D eigenvalue weighted by Gasteiger charge is 2.17. The third-order valence-electron chi connectivity index (χ3n) is 4.85. The maximum atomic E-state index is 12.6. The molecule has 0 fully saturated rings. The van der Waals surface area contributed by atoms with Crippen molar-refractivity contribution in [2.75, 3.05) is 5.43 Å². The Balaban J connectivity index is 1.80. The Morgan fingerprint density at radius 1 is 1.06 bits per heavy atom. The van der Waals surface area contributed by atoms with Crippen molar-refractivity contribution in [3.8, 4) is 0 Å². The highest BCUT2D eigenvalue weighted by atomic mass is 35.5. The maximum Gasteiger partial charge on any atom is 0.329 e. The van der Waals surface area contributed by atoms with Gasteiger partial charge in [0.1, 0.15) is 0 Å². The van der Waals surface area contributed by atoms with Gasteiger partial charge in [-0.25, -0.2) is 10.2 Å². The summed E-state index contributed by atoms with van der Waals surface area (Å²) in [7, 11) is 1.55. The molecule has 0 aliphatic heterocycles. The highest BCUT2D eigenvalue weighted by molar-refractivity contribution is 6.30. The lowest BCUT2D eigenvalue weighted by Crippen LogP contribution is -2.29. The van der Waals surface area contributed by atoms with E-state index in [1.165, 1.54) is 4.57 Å². The average molecular weight is 457 g/mol. The van der Waals surface area contributed by atoms with Crippen LogP contribution < -0.4 is 16.7 Å². The molecule has 158 valence electrons. The van der Waals surface area contributed by atoms with Gasteiger partial charge in [-0.1, -0.05) is 47.5 Å². The third kappa shape index (κ3) is 4.26. The van der Waals surface area contributed by atoms with Crippen LogP contribution in [0.15, 0.2) is 63.2 Å². The van der Waals surface area contributed by atoms with Crippen molar-refractivity contribution in [3.05, 3.63) is 90.5 Å². The molecule has 4 aromatic rings. The molecule has 0 atom stereocenters. The molecule has 0 amide bonds. The van der Waals surface area contributed by atoms with Crippen LogP contribution in [0.1, 0.15) is 18.1 Å². The van der Waals surface area contributed by atoms with Crippen molar-refractivity contribution < 1.29 is 0 Å². The monoisotopic (exact) mass is 456 g/mol. The molecule has 0 radical (unpaired) electrons. The first kappa shape index (κ1) is 20.9. The van der Waals surface area contributed by atoms with Gasteiger partial charge in [-0.3, -0.25) is 18.9 Å². The lowest BCUT2D eigenvalue weighted by molar-refractivity contribution is 0.808. The number of fused-ring (bicyclic) bond motifs is 1. The van der Waals surface area contributed by atoms with Gasteiger partial charge in [0.2, 0.25) is 5.95 Å². The van der Waals surface area contributed by atoms with Crippen LogP contribution in [-0.4, -0.2) is 24.8 Å². The maximum absolute atomic E-state index is 12.6. The number of aromatic amines is 1. The molecule has 0 saturated carbocycles.